The van der Waals surface area contributed by atoms with Gasteiger partial charge in [-0.2, -0.15) is 0 Å². The maximum Gasteiger partial charge on any atom is 0.251 e. The minimum Gasteiger partial charge on any atom is -0.384 e. The summed E-state index contributed by atoms with van der Waals surface area (Å²) in [6, 6.07) is 5.55. The average molecular weight is 285 g/mol. The Bertz CT molecular complexity index is 589. The summed E-state index contributed by atoms with van der Waals surface area (Å²) in [5.41, 5.74) is 2.67. The third-order valence-corrected chi connectivity index (χ3v) is 4.51. The van der Waals surface area contributed by atoms with Gasteiger partial charge in [-0.25, -0.2) is 0 Å². The highest BCUT2D eigenvalue weighted by Crippen LogP contribution is 2.51. The number of nitrogens with one attached hydrogen (secondary N) is 1. The van der Waals surface area contributed by atoms with Crippen molar-refractivity contribution in [2.45, 2.75) is 33.6 Å². The summed E-state index contributed by atoms with van der Waals surface area (Å²) in [6.07, 6.45) is 2.40. The van der Waals surface area contributed by atoms with Crippen molar-refractivity contribution in [1.82, 2.24) is 5.32 Å². The molecule has 0 saturated heterocycles. The van der Waals surface area contributed by atoms with Crippen LogP contribution >= 0.6 is 0 Å². The van der Waals surface area contributed by atoms with Crippen LogP contribution in [0.15, 0.2) is 18.2 Å². The van der Waals surface area contributed by atoms with Crippen LogP contribution in [0.4, 0.5) is 0 Å². The summed E-state index contributed by atoms with van der Waals surface area (Å²) in [7, 11) is 0. The van der Waals surface area contributed by atoms with E-state index in [2.05, 4.69) is 31.0 Å². The van der Waals surface area contributed by atoms with E-state index >= 15 is 0 Å². The molecule has 0 atom stereocenters. The van der Waals surface area contributed by atoms with Crippen LogP contribution in [0.1, 0.15) is 48.2 Å². The number of carbonyl (C=O) groups excluding carboxylic acids is 1. The smallest absolute Gasteiger partial charge is 0.251 e. The van der Waals surface area contributed by atoms with E-state index in [0.29, 0.717) is 16.9 Å². The van der Waals surface area contributed by atoms with E-state index < -0.39 is 0 Å². The SMILES string of the molecule is Cc1ccc(C#CCO)cc1C(=O)NCC1(C(C)C)CC1. The second kappa shape index (κ2) is 6.32. The molecule has 21 heavy (non-hydrogen) atoms. The molecular formula is C18H23NO2. The third kappa shape index (κ3) is 3.65. The Balaban J connectivity index is 2.08. The quantitative estimate of drug-likeness (QED) is 0.835. The molecule has 112 valence electrons. The van der Waals surface area contributed by atoms with E-state index in [1.54, 1.807) is 6.07 Å². The van der Waals surface area contributed by atoms with Gasteiger partial charge in [0.05, 0.1) is 0 Å². The molecule has 1 aliphatic rings. The number of rotatable bonds is 4. The van der Waals surface area contributed by atoms with E-state index in [-0.39, 0.29) is 12.5 Å². The number of carbonyl (C=O) groups is 1. The monoisotopic (exact) mass is 285 g/mol. The Kier molecular flexibility index (Phi) is 4.69. The molecule has 0 aromatic heterocycles. The number of hydrogen-bond acceptors (Lipinski definition) is 2. The summed E-state index contributed by atoms with van der Waals surface area (Å²) >= 11 is 0. The molecule has 2 rings (SSSR count). The zero-order valence-electron chi connectivity index (χ0n) is 13.0. The Morgan fingerprint density at radius 2 is 2.14 bits per heavy atom. The molecule has 1 aromatic rings. The zero-order valence-corrected chi connectivity index (χ0v) is 13.0. The molecule has 1 aromatic carbocycles. The van der Waals surface area contributed by atoms with Crippen LogP contribution < -0.4 is 5.32 Å². The standard InChI is InChI=1S/C18H23NO2/c1-13(2)18(8-9-18)12-19-17(21)16-11-15(5-4-10-20)7-6-14(16)3/h6-7,11,13,20H,8-10,12H2,1-3H3,(H,19,21). The maximum atomic E-state index is 12.4. The van der Waals surface area contributed by atoms with Crippen LogP contribution in [0.25, 0.3) is 0 Å². The lowest BCUT2D eigenvalue weighted by molar-refractivity contribution is 0.0939. The van der Waals surface area contributed by atoms with E-state index in [0.717, 1.165) is 17.7 Å². The second-order valence-electron chi connectivity index (χ2n) is 6.19. The van der Waals surface area contributed by atoms with Gasteiger partial charge in [0.2, 0.25) is 0 Å². The van der Waals surface area contributed by atoms with Crippen molar-refractivity contribution in [2.75, 3.05) is 13.2 Å². The highest BCUT2D eigenvalue weighted by atomic mass is 16.2. The topological polar surface area (TPSA) is 49.3 Å². The Morgan fingerprint density at radius 3 is 2.71 bits per heavy atom. The highest BCUT2D eigenvalue weighted by molar-refractivity contribution is 5.96. The summed E-state index contributed by atoms with van der Waals surface area (Å²) in [4.78, 5) is 12.4. The fraction of sp³-hybridized carbons (Fsp3) is 0.500. The number of aliphatic hydroxyl groups excluding tert-OH is 1. The first kappa shape index (κ1) is 15.6. The molecule has 0 unspecified atom stereocenters. The molecule has 1 aliphatic carbocycles. The fourth-order valence-electron chi connectivity index (χ4n) is 2.56. The lowest BCUT2D eigenvalue weighted by atomic mass is 9.92. The van der Waals surface area contributed by atoms with Crippen molar-refractivity contribution in [3.8, 4) is 11.8 Å². The van der Waals surface area contributed by atoms with Crippen molar-refractivity contribution >= 4 is 5.91 Å². The molecule has 1 fully saturated rings. The van der Waals surface area contributed by atoms with Crippen molar-refractivity contribution in [2.24, 2.45) is 11.3 Å². The van der Waals surface area contributed by atoms with E-state index in [4.69, 9.17) is 5.11 Å². The van der Waals surface area contributed by atoms with Gasteiger partial charge in [-0.05, 0) is 48.8 Å². The summed E-state index contributed by atoms with van der Waals surface area (Å²) in [6.45, 7) is 6.93. The Morgan fingerprint density at radius 1 is 1.43 bits per heavy atom. The Labute approximate surface area is 126 Å². The van der Waals surface area contributed by atoms with Gasteiger partial charge in [0.15, 0.2) is 0 Å². The molecule has 0 bridgehead atoms. The predicted molar refractivity (Wildman–Crippen MR) is 84.0 cm³/mol. The zero-order chi connectivity index (χ0) is 15.5. The number of aryl methyl sites for hydroxylation is 1. The van der Waals surface area contributed by atoms with Crippen LogP contribution in [-0.4, -0.2) is 24.2 Å². The van der Waals surface area contributed by atoms with Gasteiger partial charge in [0.25, 0.3) is 5.91 Å². The normalized spacial score (nSPS) is 15.3. The Hall–Kier alpha value is -1.79. The largest absolute Gasteiger partial charge is 0.384 e. The van der Waals surface area contributed by atoms with Crippen LogP contribution in [0.5, 0.6) is 0 Å². The van der Waals surface area contributed by atoms with E-state index in [1.807, 2.05) is 19.1 Å². The van der Waals surface area contributed by atoms with Crippen molar-refractivity contribution in [1.29, 1.82) is 0 Å². The predicted octanol–water partition coefficient (Wildman–Crippen LogP) is 2.50. The van der Waals surface area contributed by atoms with Gasteiger partial charge in [-0.1, -0.05) is 31.8 Å². The number of amides is 1. The second-order valence-corrected chi connectivity index (χ2v) is 6.19. The highest BCUT2D eigenvalue weighted by Gasteiger charge is 2.45. The average Bonchev–Trinajstić information content (AvgIpc) is 3.25. The first-order valence-electron chi connectivity index (χ1n) is 7.47. The molecule has 0 spiro atoms. The molecule has 0 aliphatic heterocycles. The van der Waals surface area contributed by atoms with Gasteiger partial charge in [-0.3, -0.25) is 4.79 Å². The van der Waals surface area contributed by atoms with E-state index in [9.17, 15) is 4.79 Å². The molecule has 0 radical (unpaired) electrons. The van der Waals surface area contributed by atoms with Gasteiger partial charge in [0.1, 0.15) is 6.61 Å². The van der Waals surface area contributed by atoms with Crippen molar-refractivity contribution in [3.05, 3.63) is 34.9 Å². The number of aliphatic hydroxyl groups is 1. The minimum absolute atomic E-state index is 0.0351. The molecule has 3 heteroatoms. The minimum atomic E-state index is -0.174. The van der Waals surface area contributed by atoms with Crippen LogP contribution in [-0.2, 0) is 0 Å². The molecule has 1 amide bonds. The molecule has 0 heterocycles. The van der Waals surface area contributed by atoms with Gasteiger partial charge >= 0.3 is 0 Å². The van der Waals surface area contributed by atoms with Gasteiger partial charge < -0.3 is 10.4 Å². The van der Waals surface area contributed by atoms with Crippen molar-refractivity contribution < 1.29 is 9.90 Å². The third-order valence-electron chi connectivity index (χ3n) is 4.51. The molecule has 1 saturated carbocycles. The molecule has 2 N–H and O–H groups in total. The molecular weight excluding hydrogens is 262 g/mol. The summed E-state index contributed by atoms with van der Waals surface area (Å²) in [5, 5.41) is 11.8. The summed E-state index contributed by atoms with van der Waals surface area (Å²) < 4.78 is 0. The number of hydrogen-bond donors (Lipinski definition) is 2. The number of benzene rings is 1. The van der Waals surface area contributed by atoms with Crippen LogP contribution in [0, 0.1) is 30.1 Å². The maximum absolute atomic E-state index is 12.4. The van der Waals surface area contributed by atoms with Crippen LogP contribution in [0.3, 0.4) is 0 Å². The lowest BCUT2D eigenvalue weighted by Crippen LogP contribution is -2.33. The van der Waals surface area contributed by atoms with E-state index in [1.165, 1.54) is 12.8 Å². The van der Waals surface area contributed by atoms with Crippen LogP contribution in [0.2, 0.25) is 0 Å². The fourth-order valence-corrected chi connectivity index (χ4v) is 2.56. The molecule has 3 nitrogen and oxygen atoms in total. The summed E-state index contributed by atoms with van der Waals surface area (Å²) in [5.74, 6) is 6.01. The first-order chi connectivity index (χ1) is 9.98. The van der Waals surface area contributed by atoms with Gasteiger partial charge in [-0.15, -0.1) is 0 Å². The first-order valence-corrected chi connectivity index (χ1v) is 7.47. The van der Waals surface area contributed by atoms with Gasteiger partial charge in [0, 0.05) is 17.7 Å². The van der Waals surface area contributed by atoms with Crippen molar-refractivity contribution in [3.63, 3.8) is 0 Å². The lowest BCUT2D eigenvalue weighted by Gasteiger charge is -2.20.